The van der Waals surface area contributed by atoms with Crippen LogP contribution in [0.3, 0.4) is 0 Å². The topological polar surface area (TPSA) is 96.0 Å². The lowest BCUT2D eigenvalue weighted by atomic mass is 10.0. The van der Waals surface area contributed by atoms with Crippen LogP contribution in [0.25, 0.3) is 0 Å². The summed E-state index contributed by atoms with van der Waals surface area (Å²) in [4.78, 5) is 29.9. The van der Waals surface area contributed by atoms with Crippen molar-refractivity contribution in [1.29, 1.82) is 0 Å². The molecular formula is C36H40ClN3O5S. The van der Waals surface area contributed by atoms with E-state index in [0.717, 1.165) is 33.8 Å². The van der Waals surface area contributed by atoms with Gasteiger partial charge in [0.15, 0.2) is 0 Å². The van der Waals surface area contributed by atoms with Crippen molar-refractivity contribution in [2.75, 3.05) is 24.5 Å². The summed E-state index contributed by atoms with van der Waals surface area (Å²) in [6.07, 6.45) is 1.91. The molecule has 4 rings (SSSR count). The van der Waals surface area contributed by atoms with Gasteiger partial charge in [-0.15, -0.1) is 0 Å². The molecule has 46 heavy (non-hydrogen) atoms. The third-order valence-corrected chi connectivity index (χ3v) is 9.63. The average molecular weight is 662 g/mol. The number of nitrogens with one attached hydrogen (secondary N) is 1. The van der Waals surface area contributed by atoms with Crippen molar-refractivity contribution in [3.05, 3.63) is 125 Å². The summed E-state index contributed by atoms with van der Waals surface area (Å²) >= 11 is 6.16. The highest BCUT2D eigenvalue weighted by Crippen LogP contribution is 2.33. The van der Waals surface area contributed by atoms with Gasteiger partial charge in [-0.3, -0.25) is 13.9 Å². The van der Waals surface area contributed by atoms with Crippen LogP contribution in [0, 0.1) is 6.92 Å². The number of aryl methyl sites for hydroxylation is 1. The molecule has 0 fully saturated rings. The predicted molar refractivity (Wildman–Crippen MR) is 183 cm³/mol. The summed E-state index contributed by atoms with van der Waals surface area (Å²) in [6, 6.07) is 28.6. The molecule has 0 radical (unpaired) electrons. The van der Waals surface area contributed by atoms with Crippen LogP contribution in [0.5, 0.6) is 5.75 Å². The fraction of sp³-hybridized carbons (Fsp3) is 0.278. The summed E-state index contributed by atoms with van der Waals surface area (Å²) in [5, 5.41) is 3.53. The van der Waals surface area contributed by atoms with Crippen LogP contribution in [-0.2, 0) is 32.6 Å². The normalized spacial score (nSPS) is 11.8. The number of halogens is 1. The first kappa shape index (κ1) is 34.5. The van der Waals surface area contributed by atoms with Gasteiger partial charge in [0.25, 0.3) is 10.0 Å². The van der Waals surface area contributed by atoms with Gasteiger partial charge in [-0.1, -0.05) is 97.2 Å². The number of benzene rings is 4. The number of ether oxygens (including phenoxy) is 1. The maximum Gasteiger partial charge on any atom is 0.264 e. The Labute approximate surface area is 277 Å². The van der Waals surface area contributed by atoms with Crippen LogP contribution in [0.2, 0.25) is 5.02 Å². The summed E-state index contributed by atoms with van der Waals surface area (Å²) in [7, 11) is -2.80. The van der Waals surface area contributed by atoms with E-state index in [0.29, 0.717) is 11.6 Å². The van der Waals surface area contributed by atoms with Crippen molar-refractivity contribution in [2.24, 2.45) is 0 Å². The highest BCUT2D eigenvalue weighted by atomic mass is 35.5. The van der Waals surface area contributed by atoms with E-state index >= 15 is 0 Å². The van der Waals surface area contributed by atoms with E-state index in [1.165, 1.54) is 24.1 Å². The molecular weight excluding hydrogens is 622 g/mol. The SMILES string of the molecule is CCCCNC(=O)[C@H](Cc1ccccc1)N(Cc1ccc(Cl)cc1)C(=O)CN(c1ccccc1OC)S(=O)(=O)c1ccc(C)cc1. The second kappa shape index (κ2) is 16.3. The third kappa shape index (κ3) is 8.89. The molecule has 0 aliphatic carbocycles. The van der Waals surface area contributed by atoms with Gasteiger partial charge < -0.3 is 15.0 Å². The number of hydrogen-bond donors (Lipinski definition) is 1. The summed E-state index contributed by atoms with van der Waals surface area (Å²) in [6.45, 7) is 3.84. The largest absolute Gasteiger partial charge is 0.495 e. The van der Waals surface area contributed by atoms with Crippen molar-refractivity contribution in [3.8, 4) is 5.75 Å². The molecule has 0 saturated heterocycles. The highest BCUT2D eigenvalue weighted by Gasteiger charge is 2.35. The number of sulfonamides is 1. The van der Waals surface area contributed by atoms with E-state index in [1.54, 1.807) is 60.7 Å². The monoisotopic (exact) mass is 661 g/mol. The van der Waals surface area contributed by atoms with Gasteiger partial charge in [0.2, 0.25) is 11.8 Å². The van der Waals surface area contributed by atoms with Gasteiger partial charge in [0, 0.05) is 24.5 Å². The molecule has 0 spiro atoms. The van der Waals surface area contributed by atoms with Crippen molar-refractivity contribution in [1.82, 2.24) is 10.2 Å². The Kier molecular flexibility index (Phi) is 12.2. The predicted octanol–water partition coefficient (Wildman–Crippen LogP) is 6.41. The maximum absolute atomic E-state index is 14.6. The number of unbranched alkanes of at least 4 members (excludes halogenated alkanes) is 1. The third-order valence-electron chi connectivity index (χ3n) is 7.61. The highest BCUT2D eigenvalue weighted by molar-refractivity contribution is 7.92. The second-order valence-electron chi connectivity index (χ2n) is 11.0. The summed E-state index contributed by atoms with van der Waals surface area (Å²) in [5.74, 6) is -0.582. The molecule has 242 valence electrons. The Morgan fingerprint density at radius 2 is 1.52 bits per heavy atom. The lowest BCUT2D eigenvalue weighted by Crippen LogP contribution is -2.53. The molecule has 2 amide bonds. The van der Waals surface area contributed by atoms with Crippen molar-refractivity contribution in [2.45, 2.75) is 50.6 Å². The average Bonchev–Trinajstić information content (AvgIpc) is 3.06. The van der Waals surface area contributed by atoms with Gasteiger partial charge in [-0.2, -0.15) is 0 Å². The molecule has 4 aromatic carbocycles. The van der Waals surface area contributed by atoms with E-state index in [-0.39, 0.29) is 35.2 Å². The molecule has 10 heteroatoms. The van der Waals surface area contributed by atoms with Crippen LogP contribution in [0.15, 0.2) is 108 Å². The second-order valence-corrected chi connectivity index (χ2v) is 13.3. The van der Waals surface area contributed by atoms with Crippen LogP contribution in [-0.4, -0.2) is 51.4 Å². The van der Waals surface area contributed by atoms with Crippen LogP contribution in [0.1, 0.15) is 36.5 Å². The lowest BCUT2D eigenvalue weighted by Gasteiger charge is -2.34. The number of para-hydroxylation sites is 2. The minimum absolute atomic E-state index is 0.0270. The molecule has 0 aliphatic heterocycles. The molecule has 0 aliphatic rings. The molecule has 0 unspecified atom stereocenters. The van der Waals surface area contributed by atoms with E-state index in [2.05, 4.69) is 5.32 Å². The molecule has 0 heterocycles. The quantitative estimate of drug-likeness (QED) is 0.149. The minimum Gasteiger partial charge on any atom is -0.495 e. The molecule has 8 nitrogen and oxygen atoms in total. The van der Waals surface area contributed by atoms with E-state index in [1.807, 2.05) is 44.2 Å². The fourth-order valence-corrected chi connectivity index (χ4v) is 6.58. The molecule has 4 aromatic rings. The number of amides is 2. The maximum atomic E-state index is 14.6. The van der Waals surface area contributed by atoms with Crippen LogP contribution < -0.4 is 14.4 Å². The Balaban J connectivity index is 1.81. The standard InChI is InChI=1S/C36H40ClN3O5S/c1-4-5-23-38-36(42)33(24-28-11-7-6-8-12-28)39(25-29-17-19-30(37)20-18-29)35(41)26-40(32-13-9-10-14-34(32)45-3)46(43,44)31-21-15-27(2)16-22-31/h6-22,33H,4-5,23-26H2,1-3H3,(H,38,42)/t33-/m0/s1. The number of rotatable bonds is 15. The van der Waals surface area contributed by atoms with Gasteiger partial charge in [0.05, 0.1) is 17.7 Å². The summed E-state index contributed by atoms with van der Waals surface area (Å²) in [5.41, 5.74) is 2.70. The van der Waals surface area contributed by atoms with E-state index in [4.69, 9.17) is 16.3 Å². The molecule has 0 aromatic heterocycles. The summed E-state index contributed by atoms with van der Waals surface area (Å²) < 4.78 is 35.1. The van der Waals surface area contributed by atoms with Gasteiger partial charge in [-0.05, 0) is 60.9 Å². The van der Waals surface area contributed by atoms with Crippen molar-refractivity contribution in [3.63, 3.8) is 0 Å². The first-order valence-electron chi connectivity index (χ1n) is 15.2. The first-order valence-corrected chi connectivity index (χ1v) is 17.0. The Morgan fingerprint density at radius 1 is 0.870 bits per heavy atom. The molecule has 1 atom stereocenters. The number of carbonyl (C=O) groups excluding carboxylic acids is 2. The zero-order chi connectivity index (χ0) is 33.1. The lowest BCUT2D eigenvalue weighted by molar-refractivity contribution is -0.140. The zero-order valence-electron chi connectivity index (χ0n) is 26.4. The Morgan fingerprint density at radius 3 is 2.17 bits per heavy atom. The van der Waals surface area contributed by atoms with Gasteiger partial charge in [0.1, 0.15) is 18.3 Å². The van der Waals surface area contributed by atoms with Gasteiger partial charge >= 0.3 is 0 Å². The molecule has 1 N–H and O–H groups in total. The minimum atomic E-state index is -4.25. The van der Waals surface area contributed by atoms with Crippen LogP contribution in [0.4, 0.5) is 5.69 Å². The van der Waals surface area contributed by atoms with Crippen molar-refractivity contribution < 1.29 is 22.7 Å². The van der Waals surface area contributed by atoms with Crippen LogP contribution >= 0.6 is 11.6 Å². The number of methoxy groups -OCH3 is 1. The fourth-order valence-electron chi connectivity index (χ4n) is 5.03. The number of nitrogens with zero attached hydrogens (tertiary/aromatic N) is 2. The number of hydrogen-bond acceptors (Lipinski definition) is 5. The molecule has 0 bridgehead atoms. The van der Waals surface area contributed by atoms with Crippen molar-refractivity contribution >= 4 is 39.1 Å². The Hall–Kier alpha value is -4.34. The Bertz CT molecular complexity index is 1700. The van der Waals surface area contributed by atoms with E-state index in [9.17, 15) is 18.0 Å². The number of anilines is 1. The number of carbonyl (C=O) groups is 2. The molecule has 0 saturated carbocycles. The van der Waals surface area contributed by atoms with E-state index < -0.39 is 28.5 Å². The van der Waals surface area contributed by atoms with Gasteiger partial charge in [-0.25, -0.2) is 8.42 Å². The first-order chi connectivity index (χ1) is 22.1. The zero-order valence-corrected chi connectivity index (χ0v) is 27.9. The smallest absolute Gasteiger partial charge is 0.264 e.